The summed E-state index contributed by atoms with van der Waals surface area (Å²) in [6, 6.07) is 22.4. The zero-order chi connectivity index (χ0) is 25.9. The lowest BCUT2D eigenvalue weighted by atomic mass is 9.96. The molecule has 5 aromatic rings. The number of aromatic hydroxyl groups is 3. The molecule has 2 aromatic heterocycles. The molecule has 8 nitrogen and oxygen atoms in total. The Morgan fingerprint density at radius 2 is 1.70 bits per heavy atom. The van der Waals surface area contributed by atoms with E-state index in [2.05, 4.69) is 15.7 Å². The summed E-state index contributed by atoms with van der Waals surface area (Å²) in [7, 11) is 6.12. The summed E-state index contributed by atoms with van der Waals surface area (Å²) in [5.74, 6) is 0.405. The van der Waals surface area contributed by atoms with Gasteiger partial charge in [-0.1, -0.05) is 41.9 Å². The highest BCUT2D eigenvalue weighted by Gasteiger charge is 2.12. The first kappa shape index (κ1) is 23.8. The van der Waals surface area contributed by atoms with Crippen LogP contribution in [-0.4, -0.2) is 38.7 Å². The third-order valence-corrected chi connectivity index (χ3v) is 6.00. The maximum Gasteiger partial charge on any atom is 0.228 e. The minimum absolute atomic E-state index is 0.0221. The number of aromatic nitrogens is 2. The highest BCUT2D eigenvalue weighted by Crippen LogP contribution is 2.31. The van der Waals surface area contributed by atoms with Crippen molar-refractivity contribution in [3.8, 4) is 28.4 Å². The van der Waals surface area contributed by atoms with Gasteiger partial charge >= 0.3 is 0 Å². The van der Waals surface area contributed by atoms with Gasteiger partial charge in [0.15, 0.2) is 0 Å². The van der Waals surface area contributed by atoms with E-state index in [1.165, 1.54) is 18.2 Å². The van der Waals surface area contributed by atoms with E-state index < -0.39 is 0 Å². The first-order valence-electron chi connectivity index (χ1n) is 11.6. The molecule has 0 bridgehead atoms. The number of para-hydroxylation sites is 1. The largest absolute Gasteiger partial charge is 0.508 e. The molecule has 5 rings (SSSR count). The van der Waals surface area contributed by atoms with Crippen LogP contribution in [0.1, 0.15) is 11.1 Å². The van der Waals surface area contributed by atoms with Gasteiger partial charge in [-0.3, -0.25) is 4.79 Å². The Morgan fingerprint density at radius 1 is 0.919 bits per heavy atom. The lowest BCUT2D eigenvalue weighted by molar-refractivity contribution is -0.115. The summed E-state index contributed by atoms with van der Waals surface area (Å²) < 4.78 is 1.71. The number of nitrogens with one attached hydrogen (secondary N) is 2. The zero-order valence-corrected chi connectivity index (χ0v) is 19.7. The van der Waals surface area contributed by atoms with Crippen LogP contribution in [0, 0.1) is 0 Å². The average Bonchev–Trinajstić information content (AvgIpc) is 3.26. The smallest absolute Gasteiger partial charge is 0.228 e. The predicted octanol–water partition coefficient (Wildman–Crippen LogP) is 3.71. The van der Waals surface area contributed by atoms with Crippen LogP contribution in [0.25, 0.3) is 16.6 Å². The summed E-state index contributed by atoms with van der Waals surface area (Å²) >= 11 is 0. The van der Waals surface area contributed by atoms with Gasteiger partial charge in [-0.25, -0.2) is 4.52 Å². The fourth-order valence-corrected chi connectivity index (χ4v) is 4.08. The van der Waals surface area contributed by atoms with Crippen molar-refractivity contribution >= 4 is 36.2 Å². The molecule has 2 heterocycles. The van der Waals surface area contributed by atoms with E-state index in [0.717, 1.165) is 16.6 Å². The number of fused-ring (bicyclic) bond motifs is 1. The number of pyridine rings is 1. The van der Waals surface area contributed by atoms with Crippen molar-refractivity contribution in [2.24, 2.45) is 0 Å². The van der Waals surface area contributed by atoms with Gasteiger partial charge in [-0.2, -0.15) is 5.10 Å². The minimum Gasteiger partial charge on any atom is -0.508 e. The molecule has 0 aliphatic carbocycles. The third kappa shape index (κ3) is 5.20. The number of hydrogen-bond donors (Lipinski definition) is 5. The average molecular weight is 490 g/mol. The highest BCUT2D eigenvalue weighted by atomic mass is 16.3. The highest BCUT2D eigenvalue weighted by molar-refractivity contribution is 6.36. The number of rotatable bonds is 7. The molecule has 9 heteroatoms. The second-order valence-corrected chi connectivity index (χ2v) is 8.63. The number of carbonyl (C=O) groups excluding carboxylic acids is 1. The van der Waals surface area contributed by atoms with Crippen molar-refractivity contribution in [2.45, 2.75) is 13.0 Å². The maximum absolute atomic E-state index is 12.4. The number of anilines is 2. The molecule has 182 valence electrons. The first-order chi connectivity index (χ1) is 17.9. The molecule has 0 atom stereocenters. The summed E-state index contributed by atoms with van der Waals surface area (Å²) in [6.07, 6.45) is 1.57. The van der Waals surface area contributed by atoms with Crippen LogP contribution in [0.15, 0.2) is 85.1 Å². The molecule has 5 N–H and O–H groups in total. The molecular weight excluding hydrogens is 467 g/mol. The van der Waals surface area contributed by atoms with Crippen LogP contribution in [0.2, 0.25) is 0 Å². The summed E-state index contributed by atoms with van der Waals surface area (Å²) in [6.45, 7) is 0.481. The second kappa shape index (κ2) is 9.98. The van der Waals surface area contributed by atoms with Gasteiger partial charge in [-0.15, -0.1) is 0 Å². The van der Waals surface area contributed by atoms with Crippen molar-refractivity contribution in [3.63, 3.8) is 0 Å². The zero-order valence-electron chi connectivity index (χ0n) is 19.7. The van der Waals surface area contributed by atoms with Gasteiger partial charge in [0.05, 0.1) is 11.9 Å². The van der Waals surface area contributed by atoms with Crippen LogP contribution in [0.5, 0.6) is 17.2 Å². The summed E-state index contributed by atoms with van der Waals surface area (Å²) in [5, 5.41) is 40.2. The van der Waals surface area contributed by atoms with E-state index >= 15 is 0 Å². The van der Waals surface area contributed by atoms with Crippen LogP contribution in [-0.2, 0) is 17.8 Å². The fourth-order valence-electron chi connectivity index (χ4n) is 4.08. The van der Waals surface area contributed by atoms with Crippen molar-refractivity contribution in [1.82, 2.24) is 9.61 Å². The Morgan fingerprint density at radius 3 is 2.46 bits per heavy atom. The maximum atomic E-state index is 12.4. The number of hydrogen-bond acceptors (Lipinski definition) is 6. The van der Waals surface area contributed by atoms with Crippen molar-refractivity contribution < 1.29 is 20.1 Å². The normalized spacial score (nSPS) is 10.9. The van der Waals surface area contributed by atoms with Gasteiger partial charge in [0.1, 0.15) is 30.9 Å². The molecule has 0 aliphatic rings. The number of benzene rings is 3. The number of amides is 1. The van der Waals surface area contributed by atoms with Crippen LogP contribution in [0.3, 0.4) is 0 Å². The molecule has 0 fully saturated rings. The van der Waals surface area contributed by atoms with Gasteiger partial charge in [0.25, 0.3) is 0 Å². The van der Waals surface area contributed by atoms with E-state index in [4.69, 9.17) is 7.85 Å². The van der Waals surface area contributed by atoms with Crippen molar-refractivity contribution in [3.05, 3.63) is 96.2 Å². The third-order valence-electron chi connectivity index (χ3n) is 6.00. The van der Waals surface area contributed by atoms with E-state index in [9.17, 15) is 20.1 Å². The molecule has 0 unspecified atom stereocenters. The SMILES string of the molecule is [B]c1cnn2c(NCc3ccc(NC(=O)Cc4ccc(O)cc4O)cc3)cc(-c3ccccc3O)cc12. The molecule has 37 heavy (non-hydrogen) atoms. The van der Waals surface area contributed by atoms with E-state index in [0.29, 0.717) is 34.6 Å². The molecule has 0 aliphatic heterocycles. The summed E-state index contributed by atoms with van der Waals surface area (Å²) in [5.41, 5.74) is 4.76. The molecular formula is C28H23BN4O4. The Kier molecular flexibility index (Phi) is 6.42. The molecule has 0 saturated carbocycles. The lowest BCUT2D eigenvalue weighted by Gasteiger charge is -2.13. The predicted molar refractivity (Wildman–Crippen MR) is 144 cm³/mol. The molecule has 3 aromatic carbocycles. The Bertz CT molecular complexity index is 1600. The molecule has 2 radical (unpaired) electrons. The van der Waals surface area contributed by atoms with Crippen LogP contribution in [0.4, 0.5) is 11.5 Å². The first-order valence-corrected chi connectivity index (χ1v) is 11.6. The minimum atomic E-state index is -0.286. The second-order valence-electron chi connectivity index (χ2n) is 8.63. The van der Waals surface area contributed by atoms with E-state index in [1.54, 1.807) is 35.0 Å². The Hall–Kier alpha value is -4.92. The topological polar surface area (TPSA) is 119 Å². The van der Waals surface area contributed by atoms with Crippen LogP contribution < -0.4 is 16.1 Å². The number of phenolic OH excluding ortho intramolecular Hbond substituents is 3. The number of phenols is 3. The van der Waals surface area contributed by atoms with E-state index in [1.807, 2.05) is 36.4 Å². The van der Waals surface area contributed by atoms with Gasteiger partial charge in [0.2, 0.25) is 5.91 Å². The lowest BCUT2D eigenvalue weighted by Crippen LogP contribution is -2.14. The quantitative estimate of drug-likeness (QED) is 0.222. The van der Waals surface area contributed by atoms with Gasteiger partial charge < -0.3 is 26.0 Å². The molecule has 0 spiro atoms. The van der Waals surface area contributed by atoms with Crippen molar-refractivity contribution in [1.29, 1.82) is 0 Å². The monoisotopic (exact) mass is 490 g/mol. The summed E-state index contributed by atoms with van der Waals surface area (Å²) in [4.78, 5) is 12.4. The van der Waals surface area contributed by atoms with Crippen LogP contribution >= 0.6 is 0 Å². The Labute approximate surface area is 214 Å². The number of nitrogens with zero attached hydrogens (tertiary/aromatic N) is 2. The molecule has 0 saturated heterocycles. The van der Waals surface area contributed by atoms with Crippen molar-refractivity contribution in [2.75, 3.05) is 10.6 Å². The molecule has 1 amide bonds. The van der Waals surface area contributed by atoms with Gasteiger partial charge in [-0.05, 0) is 47.5 Å². The Balaban J connectivity index is 1.29. The standard InChI is InChI=1S/C28H23BN4O4/c29-23-16-31-33-24(23)11-19(22-3-1-2-4-25(22)35)12-27(33)30-15-17-5-8-20(9-6-17)32-28(37)13-18-7-10-21(34)14-26(18)36/h1-12,14,16,30,34-36H,13,15H2,(H,32,37). The number of carbonyl (C=O) groups is 1. The van der Waals surface area contributed by atoms with E-state index in [-0.39, 0.29) is 29.6 Å². The van der Waals surface area contributed by atoms with Gasteiger partial charge in [0, 0.05) is 35.6 Å². The fraction of sp³-hybridized carbons (Fsp3) is 0.0714.